The van der Waals surface area contributed by atoms with Gasteiger partial charge in [-0.05, 0) is 45.6 Å². The smallest absolute Gasteiger partial charge is 0.128 e. The van der Waals surface area contributed by atoms with Crippen molar-refractivity contribution >= 4 is 5.82 Å². The maximum atomic E-state index is 4.77. The predicted molar refractivity (Wildman–Crippen MR) is 80.5 cm³/mol. The van der Waals surface area contributed by atoms with Crippen molar-refractivity contribution in [3.63, 3.8) is 0 Å². The summed E-state index contributed by atoms with van der Waals surface area (Å²) in [6.07, 6.45) is 2.39. The molecule has 0 aromatic carbocycles. The molecule has 2 heterocycles. The Hall–Kier alpha value is -1.13. The molecule has 1 saturated heterocycles. The Morgan fingerprint density at radius 3 is 2.95 bits per heavy atom. The highest BCUT2D eigenvalue weighted by atomic mass is 15.3. The van der Waals surface area contributed by atoms with Gasteiger partial charge in [-0.1, -0.05) is 13.0 Å². The zero-order valence-corrected chi connectivity index (χ0v) is 12.4. The van der Waals surface area contributed by atoms with Crippen LogP contribution in [0.3, 0.4) is 0 Å². The Morgan fingerprint density at radius 1 is 1.42 bits per heavy atom. The van der Waals surface area contributed by atoms with Gasteiger partial charge in [0, 0.05) is 25.7 Å². The average molecular weight is 262 g/mol. The zero-order chi connectivity index (χ0) is 13.7. The fraction of sp³-hybridized carbons (Fsp3) is 0.667. The molecule has 1 aliphatic heterocycles. The van der Waals surface area contributed by atoms with Gasteiger partial charge in [-0.15, -0.1) is 0 Å². The number of anilines is 1. The molecule has 0 amide bonds. The van der Waals surface area contributed by atoms with E-state index in [9.17, 15) is 0 Å². The SMILES string of the molecule is CCCNCc1cccc(N2CCC(N(C)C)C2)n1. The van der Waals surface area contributed by atoms with Gasteiger partial charge in [-0.25, -0.2) is 4.98 Å². The number of nitrogens with zero attached hydrogens (tertiary/aromatic N) is 3. The lowest BCUT2D eigenvalue weighted by atomic mass is 10.2. The van der Waals surface area contributed by atoms with E-state index >= 15 is 0 Å². The lowest BCUT2D eigenvalue weighted by molar-refractivity contribution is 0.315. The molecule has 1 aliphatic rings. The van der Waals surface area contributed by atoms with Crippen molar-refractivity contribution in [1.29, 1.82) is 0 Å². The predicted octanol–water partition coefficient (Wildman–Crippen LogP) is 1.72. The second-order valence-corrected chi connectivity index (χ2v) is 5.52. The second-order valence-electron chi connectivity index (χ2n) is 5.52. The van der Waals surface area contributed by atoms with Gasteiger partial charge in [0.05, 0.1) is 5.69 Å². The highest BCUT2D eigenvalue weighted by Gasteiger charge is 2.24. The summed E-state index contributed by atoms with van der Waals surface area (Å²) in [5.74, 6) is 1.13. The summed E-state index contributed by atoms with van der Waals surface area (Å²) in [4.78, 5) is 9.47. The van der Waals surface area contributed by atoms with Crippen LogP contribution in [0.25, 0.3) is 0 Å². The van der Waals surface area contributed by atoms with Gasteiger partial charge in [-0.3, -0.25) is 0 Å². The van der Waals surface area contributed by atoms with E-state index in [1.165, 1.54) is 6.42 Å². The molecule has 1 aromatic heterocycles. The summed E-state index contributed by atoms with van der Waals surface area (Å²) in [5.41, 5.74) is 1.14. The molecule has 106 valence electrons. The molecular formula is C15H26N4. The summed E-state index contributed by atoms with van der Waals surface area (Å²) < 4.78 is 0. The Bertz CT molecular complexity index is 391. The Morgan fingerprint density at radius 2 is 2.26 bits per heavy atom. The molecule has 1 N–H and O–H groups in total. The molecule has 4 nitrogen and oxygen atoms in total. The van der Waals surface area contributed by atoms with Crippen LogP contribution in [-0.2, 0) is 6.54 Å². The highest BCUT2D eigenvalue weighted by molar-refractivity contribution is 5.41. The maximum Gasteiger partial charge on any atom is 0.128 e. The van der Waals surface area contributed by atoms with Crippen LogP contribution >= 0.6 is 0 Å². The fourth-order valence-corrected chi connectivity index (χ4v) is 2.51. The van der Waals surface area contributed by atoms with Gasteiger partial charge in [-0.2, -0.15) is 0 Å². The summed E-state index contributed by atoms with van der Waals surface area (Å²) in [7, 11) is 4.32. The second kappa shape index (κ2) is 6.87. The number of rotatable bonds is 6. The zero-order valence-electron chi connectivity index (χ0n) is 12.4. The van der Waals surface area contributed by atoms with E-state index in [-0.39, 0.29) is 0 Å². The van der Waals surface area contributed by atoms with Gasteiger partial charge < -0.3 is 15.1 Å². The van der Waals surface area contributed by atoms with Crippen molar-refractivity contribution in [1.82, 2.24) is 15.2 Å². The average Bonchev–Trinajstić information content (AvgIpc) is 2.89. The first-order valence-corrected chi connectivity index (χ1v) is 7.28. The van der Waals surface area contributed by atoms with E-state index in [1.54, 1.807) is 0 Å². The Kier molecular flexibility index (Phi) is 5.16. The van der Waals surface area contributed by atoms with Gasteiger partial charge in [0.15, 0.2) is 0 Å². The monoisotopic (exact) mass is 262 g/mol. The number of pyridine rings is 1. The third-order valence-corrected chi connectivity index (χ3v) is 3.74. The van der Waals surface area contributed by atoms with Crippen molar-refractivity contribution in [2.24, 2.45) is 0 Å². The van der Waals surface area contributed by atoms with E-state index in [2.05, 4.69) is 54.3 Å². The van der Waals surface area contributed by atoms with Crippen molar-refractivity contribution < 1.29 is 0 Å². The van der Waals surface area contributed by atoms with E-state index in [0.717, 1.165) is 44.1 Å². The molecule has 0 spiro atoms. The van der Waals surface area contributed by atoms with Crippen molar-refractivity contribution in [2.75, 3.05) is 38.6 Å². The summed E-state index contributed by atoms with van der Waals surface area (Å²) in [6.45, 7) is 6.31. The van der Waals surface area contributed by atoms with Crippen LogP contribution in [0.1, 0.15) is 25.5 Å². The molecule has 19 heavy (non-hydrogen) atoms. The lowest BCUT2D eigenvalue weighted by Crippen LogP contribution is -2.31. The summed E-state index contributed by atoms with van der Waals surface area (Å²) in [5, 5.41) is 3.41. The largest absolute Gasteiger partial charge is 0.355 e. The van der Waals surface area contributed by atoms with Crippen molar-refractivity contribution in [3.8, 4) is 0 Å². The van der Waals surface area contributed by atoms with Crippen LogP contribution in [0, 0.1) is 0 Å². The highest BCUT2D eigenvalue weighted by Crippen LogP contribution is 2.20. The van der Waals surface area contributed by atoms with Gasteiger partial charge >= 0.3 is 0 Å². The number of hydrogen-bond acceptors (Lipinski definition) is 4. The summed E-state index contributed by atoms with van der Waals surface area (Å²) in [6, 6.07) is 7.00. The molecule has 1 fully saturated rings. The van der Waals surface area contributed by atoms with Crippen molar-refractivity contribution in [2.45, 2.75) is 32.4 Å². The number of nitrogens with one attached hydrogen (secondary N) is 1. The van der Waals surface area contributed by atoms with Gasteiger partial charge in [0.25, 0.3) is 0 Å². The lowest BCUT2D eigenvalue weighted by Gasteiger charge is -2.21. The first kappa shape index (κ1) is 14.3. The van der Waals surface area contributed by atoms with Crippen molar-refractivity contribution in [3.05, 3.63) is 23.9 Å². The maximum absolute atomic E-state index is 4.77. The Balaban J connectivity index is 1.95. The van der Waals surface area contributed by atoms with E-state index < -0.39 is 0 Å². The number of hydrogen-bond donors (Lipinski definition) is 1. The standard InChI is InChI=1S/C15H26N4/c1-4-9-16-11-13-6-5-7-15(17-13)19-10-8-14(12-19)18(2)3/h5-7,14,16H,4,8-12H2,1-3H3. The number of aromatic nitrogens is 1. The Labute approximate surface area is 116 Å². The normalized spacial score (nSPS) is 19.4. The molecule has 1 atom stereocenters. The molecule has 1 unspecified atom stereocenters. The van der Waals surface area contributed by atoms with Crippen LogP contribution in [-0.4, -0.2) is 49.7 Å². The molecule has 0 radical (unpaired) electrons. The minimum Gasteiger partial charge on any atom is -0.355 e. The quantitative estimate of drug-likeness (QED) is 0.791. The summed E-state index contributed by atoms with van der Waals surface area (Å²) >= 11 is 0. The van der Waals surface area contributed by atoms with E-state index in [1.807, 2.05) is 0 Å². The minimum absolute atomic E-state index is 0.656. The van der Waals surface area contributed by atoms with Crippen LogP contribution < -0.4 is 10.2 Å². The third kappa shape index (κ3) is 3.91. The molecule has 0 bridgehead atoms. The van der Waals surface area contributed by atoms with Crippen LogP contribution in [0.15, 0.2) is 18.2 Å². The molecule has 0 saturated carbocycles. The molecule has 2 rings (SSSR count). The topological polar surface area (TPSA) is 31.4 Å². The van der Waals surface area contributed by atoms with Crippen LogP contribution in [0.5, 0.6) is 0 Å². The van der Waals surface area contributed by atoms with Gasteiger partial charge in [0.1, 0.15) is 5.82 Å². The minimum atomic E-state index is 0.656. The molecule has 0 aliphatic carbocycles. The van der Waals surface area contributed by atoms with E-state index in [0.29, 0.717) is 6.04 Å². The van der Waals surface area contributed by atoms with Crippen LogP contribution in [0.2, 0.25) is 0 Å². The van der Waals surface area contributed by atoms with Gasteiger partial charge in [0.2, 0.25) is 0 Å². The molecule has 4 heteroatoms. The fourth-order valence-electron chi connectivity index (χ4n) is 2.51. The first-order chi connectivity index (χ1) is 9.20. The molecule has 1 aromatic rings. The third-order valence-electron chi connectivity index (χ3n) is 3.74. The van der Waals surface area contributed by atoms with Crippen LogP contribution in [0.4, 0.5) is 5.82 Å². The first-order valence-electron chi connectivity index (χ1n) is 7.28. The van der Waals surface area contributed by atoms with E-state index in [4.69, 9.17) is 4.98 Å². The molecular weight excluding hydrogens is 236 g/mol. The number of likely N-dealkylation sites (N-methyl/N-ethyl adjacent to an activating group) is 1.